The number of alkyl halides is 1. The average molecular weight is 420 g/mol. The Labute approximate surface area is 149 Å². The van der Waals surface area contributed by atoms with Gasteiger partial charge in [-0.25, -0.2) is 9.98 Å². The van der Waals surface area contributed by atoms with Gasteiger partial charge in [0.2, 0.25) is 11.8 Å². The molecule has 0 saturated carbocycles. The number of halogens is 1. The first-order chi connectivity index (χ1) is 11.1. The number of nitrogens with zero attached hydrogens (tertiary/aromatic N) is 2. The summed E-state index contributed by atoms with van der Waals surface area (Å²) in [5, 5.41) is 0. The van der Waals surface area contributed by atoms with Gasteiger partial charge in [-0.05, 0) is 31.2 Å². The second-order valence-electron chi connectivity index (χ2n) is 5.38. The number of aliphatic imine (C=N–C) groups is 1. The zero-order valence-electron chi connectivity index (χ0n) is 12.9. The second-order valence-corrected chi connectivity index (χ2v) is 6.82. The lowest BCUT2D eigenvalue weighted by molar-refractivity contribution is 0.407. The highest BCUT2D eigenvalue weighted by Crippen LogP contribution is 2.27. The highest BCUT2D eigenvalue weighted by atomic mass is 127. The number of benzene rings is 1. The van der Waals surface area contributed by atoms with Crippen LogP contribution in [0.25, 0.3) is 0 Å². The Morgan fingerprint density at radius 2 is 1.78 bits per heavy atom. The monoisotopic (exact) mass is 420 g/mol. The number of hydrogen-bond acceptors (Lipinski definition) is 4. The molecule has 1 unspecified atom stereocenters. The van der Waals surface area contributed by atoms with Crippen LogP contribution in [0.15, 0.2) is 59.4 Å². The van der Waals surface area contributed by atoms with E-state index in [-0.39, 0.29) is 0 Å². The molecule has 1 aromatic carbocycles. The third-order valence-electron chi connectivity index (χ3n) is 3.35. The number of hydrogen-bond donors (Lipinski definition) is 0. The summed E-state index contributed by atoms with van der Waals surface area (Å²) in [4.78, 5) is 8.67. The van der Waals surface area contributed by atoms with Crippen molar-refractivity contribution in [2.75, 3.05) is 0 Å². The molecule has 2 heterocycles. The molecule has 4 nitrogen and oxygen atoms in total. The lowest BCUT2D eigenvalue weighted by Gasteiger charge is -2.17. The zero-order valence-corrected chi connectivity index (χ0v) is 15.1. The molecule has 0 bridgehead atoms. The van der Waals surface area contributed by atoms with Crippen LogP contribution in [-0.4, -0.2) is 15.1 Å². The third kappa shape index (κ3) is 4.31. The maximum absolute atomic E-state index is 5.83. The van der Waals surface area contributed by atoms with E-state index in [0.29, 0.717) is 33.1 Å². The minimum atomic E-state index is 0.385. The van der Waals surface area contributed by atoms with Crippen molar-refractivity contribution in [3.8, 4) is 17.4 Å². The minimum Gasteiger partial charge on any atom is -0.439 e. The van der Waals surface area contributed by atoms with Crippen LogP contribution >= 0.6 is 22.6 Å². The van der Waals surface area contributed by atoms with Gasteiger partial charge in [-0.15, -0.1) is 0 Å². The molecule has 23 heavy (non-hydrogen) atoms. The quantitative estimate of drug-likeness (QED) is 0.521. The van der Waals surface area contributed by atoms with Crippen LogP contribution in [0.2, 0.25) is 0 Å². The summed E-state index contributed by atoms with van der Waals surface area (Å²) >= 11 is 2.38. The Morgan fingerprint density at radius 1 is 1.04 bits per heavy atom. The number of allylic oxidation sites excluding steroid dienone is 1. The molecule has 0 fully saturated rings. The summed E-state index contributed by atoms with van der Waals surface area (Å²) in [6.07, 6.45) is 3.95. The van der Waals surface area contributed by atoms with E-state index >= 15 is 0 Å². The SMILES string of the molecule is Cc1cccc(Oc2cccc(OC3=CC(I)[C@@H](C)C=N3)c2)n1. The number of rotatable bonds is 4. The van der Waals surface area contributed by atoms with E-state index in [2.05, 4.69) is 39.5 Å². The standard InChI is InChI=1S/C18H17IN2O2/c1-12-11-20-18(10-16(12)19)23-15-7-4-6-14(9-15)22-17-8-3-5-13(2)21-17/h3-12,16H,1-2H3/t12-,16?/m0/s1. The molecule has 2 aromatic rings. The van der Waals surface area contributed by atoms with Crippen molar-refractivity contribution in [3.63, 3.8) is 0 Å². The molecular weight excluding hydrogens is 403 g/mol. The summed E-state index contributed by atoms with van der Waals surface area (Å²) in [5.41, 5.74) is 0.916. The van der Waals surface area contributed by atoms with Crippen LogP contribution in [0.1, 0.15) is 12.6 Å². The highest BCUT2D eigenvalue weighted by Gasteiger charge is 2.16. The van der Waals surface area contributed by atoms with Crippen LogP contribution in [0, 0.1) is 12.8 Å². The van der Waals surface area contributed by atoms with Crippen LogP contribution in [0.5, 0.6) is 17.4 Å². The van der Waals surface area contributed by atoms with Gasteiger partial charge in [0.25, 0.3) is 0 Å². The van der Waals surface area contributed by atoms with Gasteiger partial charge in [0.1, 0.15) is 11.5 Å². The van der Waals surface area contributed by atoms with E-state index in [1.165, 1.54) is 0 Å². The van der Waals surface area contributed by atoms with Crippen molar-refractivity contribution in [2.45, 2.75) is 17.8 Å². The summed E-state index contributed by atoms with van der Waals surface area (Å²) < 4.78 is 12.0. The molecule has 0 spiro atoms. The van der Waals surface area contributed by atoms with Crippen LogP contribution in [0.3, 0.4) is 0 Å². The van der Waals surface area contributed by atoms with E-state index in [0.717, 1.165) is 5.69 Å². The molecule has 1 aromatic heterocycles. The van der Waals surface area contributed by atoms with Crippen LogP contribution in [0.4, 0.5) is 0 Å². The summed E-state index contributed by atoms with van der Waals surface area (Å²) in [5.74, 6) is 2.98. The Hall–Kier alpha value is -1.89. The molecule has 118 valence electrons. The van der Waals surface area contributed by atoms with Gasteiger partial charge in [0.15, 0.2) is 0 Å². The largest absolute Gasteiger partial charge is 0.439 e. The van der Waals surface area contributed by atoms with Crippen molar-refractivity contribution in [3.05, 3.63) is 60.1 Å². The number of pyridine rings is 1. The third-order valence-corrected chi connectivity index (χ3v) is 4.85. The first kappa shape index (κ1) is 16.0. The minimum absolute atomic E-state index is 0.385. The number of aryl methyl sites for hydroxylation is 1. The smallest absolute Gasteiger partial charge is 0.219 e. The van der Waals surface area contributed by atoms with Crippen LogP contribution in [-0.2, 0) is 0 Å². The normalized spacial score (nSPS) is 20.0. The molecule has 0 radical (unpaired) electrons. The fraction of sp³-hybridized carbons (Fsp3) is 0.222. The Balaban J connectivity index is 1.73. The van der Waals surface area contributed by atoms with Crippen LogP contribution < -0.4 is 9.47 Å². The molecule has 1 aliphatic heterocycles. The van der Waals surface area contributed by atoms with Gasteiger partial charge in [-0.1, -0.05) is 41.6 Å². The first-order valence-electron chi connectivity index (χ1n) is 7.40. The fourth-order valence-corrected chi connectivity index (χ4v) is 2.58. The Bertz CT molecular complexity index is 758. The molecule has 2 atom stereocenters. The molecule has 3 rings (SSSR count). The summed E-state index contributed by atoms with van der Waals surface area (Å²) in [6, 6.07) is 13.2. The van der Waals surface area contributed by atoms with Gasteiger partial charge >= 0.3 is 0 Å². The molecule has 0 amide bonds. The zero-order chi connectivity index (χ0) is 16.2. The van der Waals surface area contributed by atoms with E-state index in [1.807, 2.05) is 61.7 Å². The number of ether oxygens (including phenoxy) is 2. The van der Waals surface area contributed by atoms with Crippen molar-refractivity contribution < 1.29 is 9.47 Å². The lowest BCUT2D eigenvalue weighted by Crippen LogP contribution is -2.15. The summed E-state index contributed by atoms with van der Waals surface area (Å²) in [6.45, 7) is 4.07. The molecule has 1 aliphatic rings. The molecule has 0 saturated heterocycles. The van der Waals surface area contributed by atoms with E-state index < -0.39 is 0 Å². The van der Waals surface area contributed by atoms with Gasteiger partial charge in [0, 0.05) is 33.9 Å². The van der Waals surface area contributed by atoms with Crippen molar-refractivity contribution in [1.82, 2.24) is 4.98 Å². The Morgan fingerprint density at radius 3 is 2.52 bits per heavy atom. The van der Waals surface area contributed by atoms with Crippen molar-refractivity contribution >= 4 is 28.8 Å². The van der Waals surface area contributed by atoms with Gasteiger partial charge < -0.3 is 9.47 Å². The molecule has 0 aliphatic carbocycles. The van der Waals surface area contributed by atoms with Gasteiger partial charge in [-0.3, -0.25) is 0 Å². The van der Waals surface area contributed by atoms with E-state index in [4.69, 9.17) is 9.47 Å². The maximum Gasteiger partial charge on any atom is 0.219 e. The first-order valence-corrected chi connectivity index (χ1v) is 8.64. The van der Waals surface area contributed by atoms with E-state index in [1.54, 1.807) is 0 Å². The van der Waals surface area contributed by atoms with E-state index in [9.17, 15) is 0 Å². The maximum atomic E-state index is 5.83. The predicted molar refractivity (Wildman–Crippen MR) is 99.7 cm³/mol. The predicted octanol–water partition coefficient (Wildman–Crippen LogP) is 4.93. The summed E-state index contributed by atoms with van der Waals surface area (Å²) in [7, 11) is 0. The molecule has 0 N–H and O–H groups in total. The number of aromatic nitrogens is 1. The van der Waals surface area contributed by atoms with Gasteiger partial charge in [0.05, 0.1) is 0 Å². The van der Waals surface area contributed by atoms with Gasteiger partial charge in [-0.2, -0.15) is 0 Å². The highest BCUT2D eigenvalue weighted by molar-refractivity contribution is 14.1. The van der Waals surface area contributed by atoms with Crippen molar-refractivity contribution in [1.29, 1.82) is 0 Å². The average Bonchev–Trinajstić information content (AvgIpc) is 2.51. The lowest BCUT2D eigenvalue weighted by atomic mass is 10.1. The van der Waals surface area contributed by atoms with Crippen molar-refractivity contribution in [2.24, 2.45) is 10.9 Å². The fourth-order valence-electron chi connectivity index (χ4n) is 2.08. The Kier molecular flexibility index (Phi) is 4.95. The molecule has 5 heteroatoms. The molecular formula is C18H17IN2O2. The second kappa shape index (κ2) is 7.12. The topological polar surface area (TPSA) is 43.7 Å².